The third kappa shape index (κ3) is 4.85. The number of nitrogens with one attached hydrogen (secondary N) is 1. The van der Waals surface area contributed by atoms with Crippen LogP contribution < -0.4 is 11.1 Å². The van der Waals surface area contributed by atoms with E-state index >= 15 is 0 Å². The van der Waals surface area contributed by atoms with E-state index in [4.69, 9.17) is 5.73 Å². The lowest BCUT2D eigenvalue weighted by atomic mass is 10.1. The van der Waals surface area contributed by atoms with E-state index in [1.807, 2.05) is 6.92 Å². The van der Waals surface area contributed by atoms with Crippen LogP contribution in [0.2, 0.25) is 0 Å². The Morgan fingerprint density at radius 3 is 2.83 bits per heavy atom. The molecule has 0 saturated carbocycles. The second-order valence-electron chi connectivity index (χ2n) is 2.61. The molecule has 0 aliphatic carbocycles. The molecule has 0 unspecified atom stereocenters. The molecular weight excluding hydrogens is 156 g/mol. The molecule has 1 radical (unpaired) electrons. The smallest absolute Gasteiger partial charge is 0.237 e. The highest BCUT2D eigenvalue weighted by Crippen LogP contribution is 1.97. The number of nitrogens with two attached hydrogens (primary N) is 1. The Morgan fingerprint density at radius 1 is 1.67 bits per heavy atom. The van der Waals surface area contributed by atoms with Crippen molar-refractivity contribution in [2.45, 2.75) is 32.2 Å². The number of hydrogen-bond acceptors (Lipinski definition) is 3. The van der Waals surface area contributed by atoms with Gasteiger partial charge < -0.3 is 11.1 Å². The summed E-state index contributed by atoms with van der Waals surface area (Å²) in [6.07, 6.45) is 4.18. The Kier molecular flexibility index (Phi) is 6.28. The molecule has 0 spiro atoms. The van der Waals surface area contributed by atoms with Crippen molar-refractivity contribution in [2.75, 3.05) is 6.54 Å². The van der Waals surface area contributed by atoms with E-state index in [1.54, 1.807) is 6.29 Å². The van der Waals surface area contributed by atoms with Crippen molar-refractivity contribution in [1.82, 2.24) is 5.32 Å². The molecule has 0 heterocycles. The van der Waals surface area contributed by atoms with Crippen molar-refractivity contribution >= 4 is 12.2 Å². The number of rotatable bonds is 6. The van der Waals surface area contributed by atoms with Gasteiger partial charge in [-0.2, -0.15) is 0 Å². The lowest BCUT2D eigenvalue weighted by molar-refractivity contribution is -0.122. The summed E-state index contributed by atoms with van der Waals surface area (Å²) < 4.78 is 0. The molecule has 0 aliphatic rings. The minimum Gasteiger partial charge on any atom is -0.347 e. The highest BCUT2D eigenvalue weighted by Gasteiger charge is 2.10. The normalized spacial score (nSPS) is 12.2. The summed E-state index contributed by atoms with van der Waals surface area (Å²) in [5, 5.41) is 2.35. The van der Waals surface area contributed by atoms with E-state index in [1.165, 1.54) is 0 Å². The zero-order chi connectivity index (χ0) is 9.40. The van der Waals surface area contributed by atoms with Crippen LogP contribution in [0.15, 0.2) is 0 Å². The maximum atomic E-state index is 11.0. The summed E-state index contributed by atoms with van der Waals surface area (Å²) in [5.41, 5.74) is 5.50. The molecule has 0 aliphatic heterocycles. The Morgan fingerprint density at radius 2 is 2.33 bits per heavy atom. The van der Waals surface area contributed by atoms with Crippen LogP contribution in [0.25, 0.3) is 0 Å². The van der Waals surface area contributed by atoms with Crippen LogP contribution in [0.1, 0.15) is 26.2 Å². The summed E-state index contributed by atoms with van der Waals surface area (Å²) in [4.78, 5) is 20.8. The first-order valence-electron chi connectivity index (χ1n) is 4.10. The molecular formula is C8H15N2O2. The molecule has 0 aromatic carbocycles. The van der Waals surface area contributed by atoms with Crippen LogP contribution in [0.5, 0.6) is 0 Å². The molecule has 0 aromatic heterocycles. The Balaban J connectivity index is 3.53. The Bertz CT molecular complexity index is 148. The van der Waals surface area contributed by atoms with Crippen LogP contribution in [-0.4, -0.2) is 24.8 Å². The number of amides is 1. The fourth-order valence-corrected chi connectivity index (χ4v) is 0.809. The van der Waals surface area contributed by atoms with Gasteiger partial charge in [-0.25, -0.2) is 0 Å². The molecule has 12 heavy (non-hydrogen) atoms. The summed E-state index contributed by atoms with van der Waals surface area (Å²) in [6.45, 7) is 1.96. The van der Waals surface area contributed by atoms with Crippen molar-refractivity contribution in [3.8, 4) is 0 Å². The molecule has 0 fully saturated rings. The van der Waals surface area contributed by atoms with Gasteiger partial charge in [-0.3, -0.25) is 9.59 Å². The average Bonchev–Trinajstić information content (AvgIpc) is 2.10. The third-order valence-electron chi connectivity index (χ3n) is 1.54. The monoisotopic (exact) mass is 171 g/mol. The van der Waals surface area contributed by atoms with Gasteiger partial charge in [0.25, 0.3) is 0 Å². The van der Waals surface area contributed by atoms with Crippen molar-refractivity contribution in [1.29, 1.82) is 0 Å². The van der Waals surface area contributed by atoms with Crippen molar-refractivity contribution in [3.63, 3.8) is 0 Å². The molecule has 1 amide bonds. The summed E-state index contributed by atoms with van der Waals surface area (Å²) >= 11 is 0. The van der Waals surface area contributed by atoms with E-state index in [0.717, 1.165) is 12.8 Å². The third-order valence-corrected chi connectivity index (χ3v) is 1.54. The fourth-order valence-electron chi connectivity index (χ4n) is 0.809. The van der Waals surface area contributed by atoms with Gasteiger partial charge in [0.05, 0.1) is 12.6 Å². The molecule has 0 aromatic rings. The molecule has 69 valence electrons. The minimum atomic E-state index is -0.488. The van der Waals surface area contributed by atoms with Gasteiger partial charge in [0.1, 0.15) is 0 Å². The summed E-state index contributed by atoms with van der Waals surface area (Å²) in [6, 6.07) is -0.488. The van der Waals surface area contributed by atoms with Gasteiger partial charge in [-0.15, -0.1) is 0 Å². The summed E-state index contributed by atoms with van der Waals surface area (Å²) in [5.74, 6) is -0.271. The average molecular weight is 171 g/mol. The van der Waals surface area contributed by atoms with Crippen molar-refractivity contribution in [3.05, 3.63) is 0 Å². The second-order valence-corrected chi connectivity index (χ2v) is 2.61. The SMILES string of the molecule is CCCC[C@H](N)C(=O)NC[C]=O. The maximum Gasteiger partial charge on any atom is 0.237 e. The van der Waals surface area contributed by atoms with Gasteiger partial charge in [-0.05, 0) is 6.42 Å². The standard InChI is InChI=1S/C8H15N2O2/c1-2-3-4-7(9)8(12)10-5-6-11/h7H,2-5,9H2,1H3,(H,10,12)/t7-/m0/s1. The van der Waals surface area contributed by atoms with Gasteiger partial charge in [0.2, 0.25) is 12.2 Å². The van der Waals surface area contributed by atoms with Crippen molar-refractivity contribution in [2.24, 2.45) is 5.73 Å². The largest absolute Gasteiger partial charge is 0.347 e. The van der Waals surface area contributed by atoms with Gasteiger partial charge >= 0.3 is 0 Å². The fraction of sp³-hybridized carbons (Fsp3) is 0.750. The number of hydrogen-bond donors (Lipinski definition) is 2. The molecule has 0 bridgehead atoms. The van der Waals surface area contributed by atoms with E-state index in [9.17, 15) is 9.59 Å². The van der Waals surface area contributed by atoms with Crippen LogP contribution in [0.4, 0.5) is 0 Å². The quantitative estimate of drug-likeness (QED) is 0.578. The Labute approximate surface area is 72.5 Å². The Hall–Kier alpha value is -0.900. The maximum absolute atomic E-state index is 11.0. The lowest BCUT2D eigenvalue weighted by Crippen LogP contribution is -2.41. The molecule has 1 atom stereocenters. The van der Waals surface area contributed by atoms with Crippen LogP contribution in [0, 0.1) is 0 Å². The predicted octanol–water partition coefficient (Wildman–Crippen LogP) is -0.270. The molecule has 0 rings (SSSR count). The van der Waals surface area contributed by atoms with E-state index in [0.29, 0.717) is 6.42 Å². The van der Waals surface area contributed by atoms with Gasteiger partial charge in [0, 0.05) is 0 Å². The number of unbranched alkanes of at least 4 members (excludes halogenated alkanes) is 1. The number of carbonyl (C=O) groups excluding carboxylic acids is 2. The molecule has 4 heteroatoms. The van der Waals surface area contributed by atoms with Crippen LogP contribution >= 0.6 is 0 Å². The highest BCUT2D eigenvalue weighted by atomic mass is 16.2. The predicted molar refractivity (Wildman–Crippen MR) is 46.2 cm³/mol. The van der Waals surface area contributed by atoms with Gasteiger partial charge in [-0.1, -0.05) is 19.8 Å². The van der Waals surface area contributed by atoms with Gasteiger partial charge in [0.15, 0.2) is 0 Å². The zero-order valence-electron chi connectivity index (χ0n) is 7.30. The first-order chi connectivity index (χ1) is 5.72. The first kappa shape index (κ1) is 11.1. The van der Waals surface area contributed by atoms with E-state index < -0.39 is 6.04 Å². The van der Waals surface area contributed by atoms with Crippen LogP contribution in [0.3, 0.4) is 0 Å². The zero-order valence-corrected chi connectivity index (χ0v) is 7.30. The summed E-state index contributed by atoms with van der Waals surface area (Å²) in [7, 11) is 0. The highest BCUT2D eigenvalue weighted by molar-refractivity contribution is 5.83. The van der Waals surface area contributed by atoms with E-state index in [-0.39, 0.29) is 12.5 Å². The van der Waals surface area contributed by atoms with E-state index in [2.05, 4.69) is 5.32 Å². The molecule has 0 saturated heterocycles. The molecule has 4 nitrogen and oxygen atoms in total. The van der Waals surface area contributed by atoms with Crippen LogP contribution in [-0.2, 0) is 9.59 Å². The van der Waals surface area contributed by atoms with Crippen molar-refractivity contribution < 1.29 is 9.59 Å². The first-order valence-corrected chi connectivity index (χ1v) is 4.10. The number of carbonyl (C=O) groups is 1. The lowest BCUT2D eigenvalue weighted by Gasteiger charge is -2.08. The minimum absolute atomic E-state index is 0.0708. The second kappa shape index (κ2) is 6.79. The molecule has 3 N–H and O–H groups in total. The topological polar surface area (TPSA) is 72.2 Å².